The van der Waals surface area contributed by atoms with Crippen LogP contribution in [0.4, 0.5) is 5.69 Å². The smallest absolute Gasteiger partial charge is 0.255 e. The molecule has 0 unspecified atom stereocenters. The molecule has 1 aromatic heterocycles. The van der Waals surface area contributed by atoms with Crippen molar-refractivity contribution in [3.63, 3.8) is 0 Å². The van der Waals surface area contributed by atoms with E-state index in [1.54, 1.807) is 44.4 Å². The molecule has 2 aromatic carbocycles. The molecular formula is C23H25N3O5S. The highest BCUT2D eigenvalue weighted by atomic mass is 32.2. The summed E-state index contributed by atoms with van der Waals surface area (Å²) in [6.07, 6.45) is 3.39. The van der Waals surface area contributed by atoms with Crippen molar-refractivity contribution in [3.8, 4) is 11.5 Å². The molecule has 0 bridgehead atoms. The Balaban J connectivity index is 1.71. The Kier molecular flexibility index (Phi) is 7.45. The molecule has 0 saturated carbocycles. The van der Waals surface area contributed by atoms with E-state index in [1.807, 2.05) is 12.1 Å². The number of aromatic nitrogens is 1. The predicted octanol–water partition coefficient (Wildman–Crippen LogP) is 3.61. The van der Waals surface area contributed by atoms with Crippen LogP contribution in [-0.4, -0.2) is 32.5 Å². The quantitative estimate of drug-likeness (QED) is 0.511. The number of benzene rings is 2. The SMILES string of the molecule is COc1ccc(NC(=O)c2ccc(S(=O)(=O)NC(C)C)cc2)cc1OCc1cccnc1. The topological polar surface area (TPSA) is 107 Å². The molecule has 0 aliphatic heterocycles. The van der Waals surface area contributed by atoms with E-state index >= 15 is 0 Å². The minimum atomic E-state index is -3.62. The molecule has 0 fully saturated rings. The van der Waals surface area contributed by atoms with Crippen molar-refractivity contribution >= 4 is 21.6 Å². The van der Waals surface area contributed by atoms with Crippen molar-refractivity contribution in [2.45, 2.75) is 31.4 Å². The van der Waals surface area contributed by atoms with Crippen LogP contribution in [0.3, 0.4) is 0 Å². The molecule has 0 aliphatic rings. The van der Waals surface area contributed by atoms with Gasteiger partial charge in [-0.2, -0.15) is 0 Å². The number of pyridine rings is 1. The molecule has 0 spiro atoms. The van der Waals surface area contributed by atoms with Gasteiger partial charge in [0.2, 0.25) is 10.0 Å². The first-order valence-electron chi connectivity index (χ1n) is 9.92. The molecule has 32 heavy (non-hydrogen) atoms. The van der Waals surface area contributed by atoms with Crippen LogP contribution < -0.4 is 19.5 Å². The van der Waals surface area contributed by atoms with E-state index in [-0.39, 0.29) is 16.8 Å². The van der Waals surface area contributed by atoms with Gasteiger partial charge in [0.25, 0.3) is 5.91 Å². The maximum atomic E-state index is 12.6. The summed E-state index contributed by atoms with van der Waals surface area (Å²) in [5.41, 5.74) is 1.73. The average Bonchev–Trinajstić information content (AvgIpc) is 2.78. The number of nitrogens with one attached hydrogen (secondary N) is 2. The lowest BCUT2D eigenvalue weighted by atomic mass is 10.2. The first kappa shape index (κ1) is 23.2. The molecular weight excluding hydrogens is 430 g/mol. The minimum absolute atomic E-state index is 0.0956. The van der Waals surface area contributed by atoms with Crippen LogP contribution in [-0.2, 0) is 16.6 Å². The molecule has 1 amide bonds. The lowest BCUT2D eigenvalue weighted by Crippen LogP contribution is -2.30. The van der Waals surface area contributed by atoms with Gasteiger partial charge in [-0.3, -0.25) is 9.78 Å². The van der Waals surface area contributed by atoms with Crippen LogP contribution in [0.15, 0.2) is 71.9 Å². The first-order valence-corrected chi connectivity index (χ1v) is 11.4. The standard InChI is InChI=1S/C23H25N3O5S/c1-16(2)26-32(28,29)20-9-6-18(7-10-20)23(27)25-19-8-11-21(30-3)22(13-19)31-15-17-5-4-12-24-14-17/h4-14,16,26H,15H2,1-3H3,(H,25,27). The Hall–Kier alpha value is -3.43. The third-order valence-electron chi connectivity index (χ3n) is 4.36. The number of hydrogen-bond acceptors (Lipinski definition) is 6. The molecule has 8 nitrogen and oxygen atoms in total. The Bertz CT molecular complexity index is 1160. The van der Waals surface area contributed by atoms with Crippen molar-refractivity contribution in [2.75, 3.05) is 12.4 Å². The molecule has 3 rings (SSSR count). The highest BCUT2D eigenvalue weighted by Gasteiger charge is 2.16. The number of methoxy groups -OCH3 is 1. The molecule has 3 aromatic rings. The molecule has 2 N–H and O–H groups in total. The van der Waals surface area contributed by atoms with Gasteiger partial charge in [0, 0.05) is 41.3 Å². The summed E-state index contributed by atoms with van der Waals surface area (Å²) in [6, 6.07) is 14.3. The van der Waals surface area contributed by atoms with Gasteiger partial charge in [-0.15, -0.1) is 0 Å². The maximum Gasteiger partial charge on any atom is 0.255 e. The van der Waals surface area contributed by atoms with Gasteiger partial charge in [-0.05, 0) is 56.3 Å². The number of carbonyl (C=O) groups excluding carboxylic acids is 1. The van der Waals surface area contributed by atoms with E-state index in [9.17, 15) is 13.2 Å². The predicted molar refractivity (Wildman–Crippen MR) is 121 cm³/mol. The number of amides is 1. The van der Waals surface area contributed by atoms with Crippen LogP contribution in [0.25, 0.3) is 0 Å². The Morgan fingerprint density at radius 2 is 1.81 bits per heavy atom. The second-order valence-electron chi connectivity index (χ2n) is 7.27. The van der Waals surface area contributed by atoms with E-state index in [0.717, 1.165) is 5.56 Å². The summed E-state index contributed by atoms with van der Waals surface area (Å²) < 4.78 is 38.1. The highest BCUT2D eigenvalue weighted by Crippen LogP contribution is 2.31. The van der Waals surface area contributed by atoms with Crippen molar-refractivity contribution in [1.82, 2.24) is 9.71 Å². The normalized spacial score (nSPS) is 11.2. The Labute approximate surface area is 187 Å². The van der Waals surface area contributed by atoms with Gasteiger partial charge in [0.15, 0.2) is 11.5 Å². The van der Waals surface area contributed by atoms with E-state index in [0.29, 0.717) is 29.4 Å². The molecule has 0 aliphatic carbocycles. The molecule has 1 heterocycles. The largest absolute Gasteiger partial charge is 0.493 e. The van der Waals surface area contributed by atoms with E-state index in [1.165, 1.54) is 31.4 Å². The lowest BCUT2D eigenvalue weighted by Gasteiger charge is -2.13. The van der Waals surface area contributed by atoms with E-state index in [2.05, 4.69) is 15.0 Å². The van der Waals surface area contributed by atoms with E-state index < -0.39 is 10.0 Å². The van der Waals surface area contributed by atoms with E-state index in [4.69, 9.17) is 9.47 Å². The van der Waals surface area contributed by atoms with Crippen molar-refractivity contribution in [2.24, 2.45) is 0 Å². The van der Waals surface area contributed by atoms with Gasteiger partial charge in [-0.1, -0.05) is 6.07 Å². The zero-order valence-corrected chi connectivity index (χ0v) is 18.8. The van der Waals surface area contributed by atoms with Crippen LogP contribution in [0.2, 0.25) is 0 Å². The average molecular weight is 456 g/mol. The number of sulfonamides is 1. The summed E-state index contributed by atoms with van der Waals surface area (Å²) in [6.45, 7) is 3.77. The number of rotatable bonds is 9. The fraction of sp³-hybridized carbons (Fsp3) is 0.217. The molecule has 0 radical (unpaired) electrons. The van der Waals surface area contributed by atoms with Crippen LogP contribution in [0.1, 0.15) is 29.8 Å². The van der Waals surface area contributed by atoms with Crippen molar-refractivity contribution in [3.05, 3.63) is 78.1 Å². The molecule has 9 heteroatoms. The lowest BCUT2D eigenvalue weighted by molar-refractivity contribution is 0.102. The summed E-state index contributed by atoms with van der Waals surface area (Å²) in [7, 11) is -2.08. The number of nitrogens with zero attached hydrogens (tertiary/aromatic N) is 1. The van der Waals surface area contributed by atoms with Gasteiger partial charge in [0.1, 0.15) is 6.61 Å². The van der Waals surface area contributed by atoms with Crippen LogP contribution in [0.5, 0.6) is 11.5 Å². The van der Waals surface area contributed by atoms with Crippen molar-refractivity contribution < 1.29 is 22.7 Å². The van der Waals surface area contributed by atoms with Gasteiger partial charge in [0.05, 0.1) is 12.0 Å². The Morgan fingerprint density at radius 3 is 2.44 bits per heavy atom. The summed E-state index contributed by atoms with van der Waals surface area (Å²) >= 11 is 0. The van der Waals surface area contributed by atoms with Crippen LogP contribution in [0, 0.1) is 0 Å². The van der Waals surface area contributed by atoms with Crippen molar-refractivity contribution in [1.29, 1.82) is 0 Å². The maximum absolute atomic E-state index is 12.6. The fourth-order valence-corrected chi connectivity index (χ4v) is 4.13. The molecule has 0 saturated heterocycles. The highest BCUT2D eigenvalue weighted by molar-refractivity contribution is 7.89. The van der Waals surface area contributed by atoms with Crippen LogP contribution >= 0.6 is 0 Å². The second-order valence-corrected chi connectivity index (χ2v) is 8.98. The van der Waals surface area contributed by atoms with Gasteiger partial charge in [-0.25, -0.2) is 13.1 Å². The summed E-state index contributed by atoms with van der Waals surface area (Å²) in [5.74, 6) is 0.614. The minimum Gasteiger partial charge on any atom is -0.493 e. The van der Waals surface area contributed by atoms with Gasteiger partial charge >= 0.3 is 0 Å². The number of ether oxygens (including phenoxy) is 2. The molecule has 168 valence electrons. The summed E-state index contributed by atoms with van der Waals surface area (Å²) in [5, 5.41) is 2.79. The summed E-state index contributed by atoms with van der Waals surface area (Å²) in [4.78, 5) is 16.8. The third-order valence-corrected chi connectivity index (χ3v) is 6.03. The zero-order valence-electron chi connectivity index (χ0n) is 18.0. The number of hydrogen-bond donors (Lipinski definition) is 2. The number of carbonyl (C=O) groups is 1. The second kappa shape index (κ2) is 10.3. The Morgan fingerprint density at radius 1 is 1.06 bits per heavy atom. The fourth-order valence-electron chi connectivity index (χ4n) is 2.88. The first-order chi connectivity index (χ1) is 15.3. The van der Waals surface area contributed by atoms with Gasteiger partial charge < -0.3 is 14.8 Å². The third kappa shape index (κ3) is 6.05. The zero-order chi connectivity index (χ0) is 23.1. The monoisotopic (exact) mass is 455 g/mol. The molecule has 0 atom stereocenters. The number of anilines is 1.